The predicted octanol–water partition coefficient (Wildman–Crippen LogP) is 6.64. The van der Waals surface area contributed by atoms with Crippen LogP contribution in [0.5, 0.6) is 0 Å². The van der Waals surface area contributed by atoms with Crippen molar-refractivity contribution in [1.29, 1.82) is 0 Å². The van der Waals surface area contributed by atoms with E-state index in [0.29, 0.717) is 6.42 Å². The van der Waals surface area contributed by atoms with Gasteiger partial charge in [0.2, 0.25) is 5.91 Å². The van der Waals surface area contributed by atoms with Crippen LogP contribution in [0.15, 0.2) is 65.6 Å². The maximum absolute atomic E-state index is 13.7. The van der Waals surface area contributed by atoms with E-state index < -0.39 is 22.5 Å². The number of rotatable bonds is 8. The molecule has 190 valence electrons. The van der Waals surface area contributed by atoms with E-state index in [4.69, 9.17) is 23.2 Å². The molecular formula is C28H30Cl2N2O3S. The molecule has 5 nitrogen and oxygen atoms in total. The first kappa shape index (κ1) is 26.5. The second-order valence-corrected chi connectivity index (χ2v) is 11.8. The Morgan fingerprint density at radius 2 is 1.69 bits per heavy atom. The number of fused-ring (bicyclic) bond motifs is 1. The van der Waals surface area contributed by atoms with E-state index in [1.165, 1.54) is 36.1 Å². The van der Waals surface area contributed by atoms with Crippen LogP contribution in [-0.2, 0) is 27.7 Å². The lowest BCUT2D eigenvalue weighted by Gasteiger charge is -2.27. The van der Waals surface area contributed by atoms with Crippen LogP contribution in [0.3, 0.4) is 0 Å². The first-order valence-electron chi connectivity index (χ1n) is 12.1. The molecule has 0 saturated carbocycles. The number of halogens is 2. The fourth-order valence-electron chi connectivity index (χ4n) is 4.58. The minimum Gasteiger partial charge on any atom is -0.348 e. The number of sulfonamides is 1. The van der Waals surface area contributed by atoms with Crippen molar-refractivity contribution in [3.05, 3.63) is 93.0 Å². The summed E-state index contributed by atoms with van der Waals surface area (Å²) in [4.78, 5) is 13.4. The average Bonchev–Trinajstić information content (AvgIpc) is 2.87. The number of nitrogens with zero attached hydrogens (tertiary/aromatic N) is 1. The maximum atomic E-state index is 13.7. The van der Waals surface area contributed by atoms with Gasteiger partial charge in [-0.1, -0.05) is 72.1 Å². The van der Waals surface area contributed by atoms with Crippen molar-refractivity contribution >= 4 is 44.8 Å². The smallest absolute Gasteiger partial charge is 0.264 e. The summed E-state index contributed by atoms with van der Waals surface area (Å²) in [6.07, 6.45) is 5.19. The number of anilines is 1. The van der Waals surface area contributed by atoms with E-state index in [-0.39, 0.29) is 26.7 Å². The van der Waals surface area contributed by atoms with Crippen LogP contribution in [0.2, 0.25) is 10.0 Å². The SMILES string of the molecule is CC[C@H](NC(=O)CN(c1cccc(Cl)c1Cl)S(=O)(=O)c1ccc(C)cc1)c1ccc2c(c1)CCCC2. The Labute approximate surface area is 223 Å². The van der Waals surface area contributed by atoms with Crippen LogP contribution in [0.25, 0.3) is 0 Å². The molecule has 0 radical (unpaired) electrons. The van der Waals surface area contributed by atoms with Crippen LogP contribution in [-0.4, -0.2) is 20.9 Å². The number of hydrogen-bond acceptors (Lipinski definition) is 3. The molecular weight excluding hydrogens is 515 g/mol. The van der Waals surface area contributed by atoms with Crippen LogP contribution < -0.4 is 9.62 Å². The summed E-state index contributed by atoms with van der Waals surface area (Å²) in [6.45, 7) is 3.44. The van der Waals surface area contributed by atoms with Gasteiger partial charge in [0.25, 0.3) is 10.0 Å². The number of aryl methyl sites for hydroxylation is 3. The quantitative estimate of drug-likeness (QED) is 0.345. The predicted molar refractivity (Wildman–Crippen MR) is 146 cm³/mol. The largest absolute Gasteiger partial charge is 0.348 e. The zero-order valence-electron chi connectivity index (χ0n) is 20.4. The van der Waals surface area contributed by atoms with E-state index in [0.717, 1.165) is 28.3 Å². The number of carbonyl (C=O) groups excluding carboxylic acids is 1. The van der Waals surface area contributed by atoms with Crippen molar-refractivity contribution in [2.24, 2.45) is 0 Å². The Bertz CT molecular complexity index is 1360. The lowest BCUT2D eigenvalue weighted by molar-refractivity contribution is -0.120. The molecule has 0 bridgehead atoms. The molecule has 0 aromatic heterocycles. The molecule has 8 heteroatoms. The Morgan fingerprint density at radius 3 is 2.39 bits per heavy atom. The topological polar surface area (TPSA) is 66.5 Å². The second kappa shape index (κ2) is 11.2. The Balaban J connectivity index is 1.63. The zero-order chi connectivity index (χ0) is 25.9. The van der Waals surface area contributed by atoms with Gasteiger partial charge in [0, 0.05) is 0 Å². The van der Waals surface area contributed by atoms with Gasteiger partial charge in [-0.05, 0) is 80.0 Å². The molecule has 36 heavy (non-hydrogen) atoms. The molecule has 3 aromatic carbocycles. The van der Waals surface area contributed by atoms with Gasteiger partial charge in [-0.15, -0.1) is 0 Å². The fourth-order valence-corrected chi connectivity index (χ4v) is 6.46. The van der Waals surface area contributed by atoms with Gasteiger partial charge in [-0.25, -0.2) is 8.42 Å². The molecule has 1 aliphatic carbocycles. The number of nitrogens with one attached hydrogen (secondary N) is 1. The molecule has 0 unspecified atom stereocenters. The van der Waals surface area contributed by atoms with Gasteiger partial charge >= 0.3 is 0 Å². The van der Waals surface area contributed by atoms with Gasteiger partial charge in [-0.3, -0.25) is 9.10 Å². The number of carbonyl (C=O) groups is 1. The third-order valence-electron chi connectivity index (χ3n) is 6.61. The van der Waals surface area contributed by atoms with Gasteiger partial charge in [-0.2, -0.15) is 0 Å². The minimum absolute atomic E-state index is 0.0682. The van der Waals surface area contributed by atoms with Crippen molar-refractivity contribution < 1.29 is 13.2 Å². The third-order valence-corrected chi connectivity index (χ3v) is 9.20. The molecule has 0 saturated heterocycles. The van der Waals surface area contributed by atoms with Crippen molar-refractivity contribution in [2.45, 2.75) is 56.9 Å². The summed E-state index contributed by atoms with van der Waals surface area (Å²) >= 11 is 12.6. The lowest BCUT2D eigenvalue weighted by Crippen LogP contribution is -2.42. The van der Waals surface area contributed by atoms with Crippen molar-refractivity contribution in [2.75, 3.05) is 10.8 Å². The van der Waals surface area contributed by atoms with Crippen LogP contribution in [0.1, 0.15) is 54.5 Å². The van der Waals surface area contributed by atoms with Crippen molar-refractivity contribution in [3.8, 4) is 0 Å². The summed E-state index contributed by atoms with van der Waals surface area (Å²) in [5.74, 6) is -0.425. The standard InChI is InChI=1S/C28H30Cl2N2O3S/c1-3-25(22-14-13-20-7-4-5-8-21(20)17-22)31-27(33)18-32(26-10-6-9-24(29)28(26)30)36(34,35)23-15-11-19(2)12-16-23/h6,9-17,25H,3-5,7-8,18H2,1-2H3,(H,31,33)/t25-/m0/s1. The second-order valence-electron chi connectivity index (χ2n) is 9.16. The summed E-state index contributed by atoms with van der Waals surface area (Å²) in [5.41, 5.74) is 4.81. The zero-order valence-corrected chi connectivity index (χ0v) is 22.8. The van der Waals surface area contributed by atoms with E-state index >= 15 is 0 Å². The van der Waals surface area contributed by atoms with Gasteiger partial charge < -0.3 is 5.32 Å². The highest BCUT2D eigenvalue weighted by Gasteiger charge is 2.30. The average molecular weight is 546 g/mol. The summed E-state index contributed by atoms with van der Waals surface area (Å²) in [5, 5.41) is 3.32. The minimum atomic E-state index is -4.10. The van der Waals surface area contributed by atoms with E-state index in [9.17, 15) is 13.2 Å². The van der Waals surface area contributed by atoms with E-state index in [1.807, 2.05) is 13.8 Å². The lowest BCUT2D eigenvalue weighted by atomic mass is 9.89. The summed E-state index contributed by atoms with van der Waals surface area (Å²) in [7, 11) is -4.10. The van der Waals surface area contributed by atoms with Gasteiger partial charge in [0.05, 0.1) is 26.7 Å². The molecule has 0 spiro atoms. The fraction of sp³-hybridized carbons (Fsp3) is 0.321. The highest BCUT2D eigenvalue weighted by molar-refractivity contribution is 7.92. The van der Waals surface area contributed by atoms with Gasteiger partial charge in [0.15, 0.2) is 0 Å². The van der Waals surface area contributed by atoms with E-state index in [2.05, 4.69) is 23.5 Å². The summed E-state index contributed by atoms with van der Waals surface area (Å²) in [6, 6.07) is 17.4. The van der Waals surface area contributed by atoms with Crippen LogP contribution in [0, 0.1) is 6.92 Å². The van der Waals surface area contributed by atoms with Crippen LogP contribution in [0.4, 0.5) is 5.69 Å². The molecule has 1 aliphatic rings. The normalized spacial score (nSPS) is 14.1. The number of benzene rings is 3. The molecule has 0 fully saturated rings. The Hall–Kier alpha value is -2.54. The van der Waals surface area contributed by atoms with E-state index in [1.54, 1.807) is 30.3 Å². The molecule has 0 heterocycles. The Morgan fingerprint density at radius 1 is 1.00 bits per heavy atom. The molecule has 1 amide bonds. The number of amides is 1. The molecule has 1 atom stereocenters. The highest BCUT2D eigenvalue weighted by atomic mass is 35.5. The molecule has 0 aliphatic heterocycles. The Kier molecular flexibility index (Phi) is 8.28. The third kappa shape index (κ3) is 5.72. The molecule has 4 rings (SSSR count). The number of hydrogen-bond donors (Lipinski definition) is 1. The monoisotopic (exact) mass is 544 g/mol. The van der Waals surface area contributed by atoms with Crippen LogP contribution >= 0.6 is 23.2 Å². The first-order chi connectivity index (χ1) is 17.2. The molecule has 3 aromatic rings. The maximum Gasteiger partial charge on any atom is 0.264 e. The van der Waals surface area contributed by atoms with Crippen molar-refractivity contribution in [3.63, 3.8) is 0 Å². The highest BCUT2D eigenvalue weighted by Crippen LogP contribution is 2.35. The summed E-state index contributed by atoms with van der Waals surface area (Å²) < 4.78 is 28.4. The van der Waals surface area contributed by atoms with Gasteiger partial charge in [0.1, 0.15) is 6.54 Å². The van der Waals surface area contributed by atoms with Crippen molar-refractivity contribution in [1.82, 2.24) is 5.32 Å². The first-order valence-corrected chi connectivity index (χ1v) is 14.3. The molecule has 1 N–H and O–H groups in total.